The Labute approximate surface area is 231 Å². The van der Waals surface area contributed by atoms with Gasteiger partial charge in [0.05, 0.1) is 23.6 Å². The van der Waals surface area contributed by atoms with Crippen molar-refractivity contribution in [2.45, 2.75) is 30.1 Å². The zero-order chi connectivity index (χ0) is 28.1. The average Bonchev–Trinajstić information content (AvgIpc) is 3.56. The lowest BCUT2D eigenvalue weighted by Crippen LogP contribution is -2.36. The molecule has 1 aliphatic heterocycles. The molecule has 0 bridgehead atoms. The topological polar surface area (TPSA) is 90.1 Å². The first-order chi connectivity index (χ1) is 19.2. The van der Waals surface area contributed by atoms with Gasteiger partial charge in [0.2, 0.25) is 15.6 Å². The van der Waals surface area contributed by atoms with Crippen molar-refractivity contribution in [1.29, 1.82) is 0 Å². The number of hydrogen-bond donors (Lipinski definition) is 0. The highest BCUT2D eigenvalue weighted by Gasteiger charge is 2.45. The van der Waals surface area contributed by atoms with Crippen LogP contribution >= 0.6 is 0 Å². The van der Waals surface area contributed by atoms with Crippen LogP contribution in [0.15, 0.2) is 95.1 Å². The molecule has 1 aliphatic rings. The molecule has 2 aromatic carbocycles. The van der Waals surface area contributed by atoms with E-state index in [0.717, 1.165) is 45.5 Å². The number of benzene rings is 2. The summed E-state index contributed by atoms with van der Waals surface area (Å²) in [5.41, 5.74) is 4.23. The number of halogens is 1. The molecule has 1 atom stereocenters. The van der Waals surface area contributed by atoms with Crippen molar-refractivity contribution in [1.82, 2.24) is 23.6 Å². The number of aryl methyl sites for hydroxylation is 2. The van der Waals surface area contributed by atoms with Crippen molar-refractivity contribution in [3.05, 3.63) is 118 Å². The summed E-state index contributed by atoms with van der Waals surface area (Å²) in [6.07, 6.45) is 6.97. The number of sulfonamides is 1. The predicted molar refractivity (Wildman–Crippen MR) is 150 cm³/mol. The maximum atomic E-state index is 13.9. The highest BCUT2D eigenvalue weighted by molar-refractivity contribution is 7.89. The average molecular weight is 558 g/mol. The molecular formula is C30H28FN5O3S. The van der Waals surface area contributed by atoms with E-state index in [4.69, 9.17) is 0 Å². The molecule has 1 saturated heterocycles. The van der Waals surface area contributed by atoms with Gasteiger partial charge in [-0.05, 0) is 60.7 Å². The quantitative estimate of drug-likeness (QED) is 0.313. The molecule has 0 amide bonds. The van der Waals surface area contributed by atoms with Gasteiger partial charge in [0.15, 0.2) is 0 Å². The molecule has 5 aromatic rings. The Morgan fingerprint density at radius 1 is 1.02 bits per heavy atom. The van der Waals surface area contributed by atoms with E-state index in [1.54, 1.807) is 30.2 Å². The second-order valence-electron chi connectivity index (χ2n) is 10.5. The van der Waals surface area contributed by atoms with Crippen molar-refractivity contribution < 1.29 is 12.8 Å². The lowest BCUT2D eigenvalue weighted by atomic mass is 9.73. The second kappa shape index (κ2) is 9.79. The predicted octanol–water partition coefficient (Wildman–Crippen LogP) is 4.14. The summed E-state index contributed by atoms with van der Waals surface area (Å²) < 4.78 is 45.8. The zero-order valence-corrected chi connectivity index (χ0v) is 23.0. The monoisotopic (exact) mass is 557 g/mol. The largest absolute Gasteiger partial charge is 0.316 e. The highest BCUT2D eigenvalue weighted by atomic mass is 32.2. The maximum absolute atomic E-state index is 13.9. The fraction of sp³-hybridized carbons (Fsp3) is 0.233. The summed E-state index contributed by atoms with van der Waals surface area (Å²) in [7, 11) is -2.24. The molecule has 0 N–H and O–H groups in total. The van der Waals surface area contributed by atoms with Crippen LogP contribution < -0.4 is 5.56 Å². The summed E-state index contributed by atoms with van der Waals surface area (Å²) in [6.45, 7) is 2.59. The molecule has 204 valence electrons. The third kappa shape index (κ3) is 4.52. The summed E-state index contributed by atoms with van der Waals surface area (Å²) >= 11 is 0. The van der Waals surface area contributed by atoms with E-state index in [1.165, 1.54) is 21.1 Å². The van der Waals surface area contributed by atoms with Gasteiger partial charge in [0.1, 0.15) is 10.7 Å². The lowest BCUT2D eigenvalue weighted by Gasteiger charge is -2.32. The van der Waals surface area contributed by atoms with Crippen LogP contribution in [-0.2, 0) is 28.9 Å². The fourth-order valence-electron chi connectivity index (χ4n) is 5.83. The van der Waals surface area contributed by atoms with Crippen molar-refractivity contribution in [3.63, 3.8) is 0 Å². The normalized spacial score (nSPS) is 18.0. The van der Waals surface area contributed by atoms with E-state index in [-0.39, 0.29) is 17.0 Å². The Morgan fingerprint density at radius 2 is 1.82 bits per heavy atom. The standard InChI is InChI=1S/C30H28FN5O3S/c1-21-12-28-23(16-33-36(28)25-8-9-29(37)34(2)19-25)13-27(21)30(15-22-6-4-3-5-7-22)10-11-35(20-30)40(38,39)26-14-24(31)17-32-18-26/h3-9,12-14,16-19H,10-11,15,20H2,1-2H3. The Hall–Kier alpha value is -4.15. The van der Waals surface area contributed by atoms with Gasteiger partial charge in [-0.25, -0.2) is 17.5 Å². The SMILES string of the molecule is Cc1cc2c(cnn2-c2ccc(=O)n(C)c2)cc1C1(Cc2ccccc2)CCN(S(=O)(=O)c2cncc(F)c2)C1. The number of rotatable bonds is 6. The van der Waals surface area contributed by atoms with Gasteiger partial charge in [0.25, 0.3) is 0 Å². The minimum absolute atomic E-state index is 0.101. The van der Waals surface area contributed by atoms with Gasteiger partial charge in [-0.15, -0.1) is 0 Å². The molecule has 0 spiro atoms. The van der Waals surface area contributed by atoms with Gasteiger partial charge in [-0.1, -0.05) is 30.3 Å². The lowest BCUT2D eigenvalue weighted by molar-refractivity contribution is 0.413. The first-order valence-electron chi connectivity index (χ1n) is 13.0. The van der Waals surface area contributed by atoms with Crippen LogP contribution in [0.25, 0.3) is 16.6 Å². The first-order valence-corrected chi connectivity index (χ1v) is 14.4. The minimum Gasteiger partial charge on any atom is -0.316 e. The van der Waals surface area contributed by atoms with Crippen LogP contribution in [0.5, 0.6) is 0 Å². The summed E-state index contributed by atoms with van der Waals surface area (Å²) in [6, 6.07) is 18.5. The van der Waals surface area contributed by atoms with Crippen molar-refractivity contribution in [2.75, 3.05) is 13.1 Å². The molecule has 0 aliphatic carbocycles. The van der Waals surface area contributed by atoms with Gasteiger partial charge < -0.3 is 4.57 Å². The maximum Gasteiger partial charge on any atom is 0.250 e. The molecule has 1 fully saturated rings. The van der Waals surface area contributed by atoms with E-state index in [1.807, 2.05) is 25.1 Å². The summed E-state index contributed by atoms with van der Waals surface area (Å²) in [5, 5.41) is 5.52. The minimum atomic E-state index is -3.94. The van der Waals surface area contributed by atoms with Crippen molar-refractivity contribution >= 4 is 20.9 Å². The van der Waals surface area contributed by atoms with Crippen molar-refractivity contribution in [2.24, 2.45) is 7.05 Å². The molecule has 0 saturated carbocycles. The number of fused-ring (bicyclic) bond motifs is 1. The summed E-state index contributed by atoms with van der Waals surface area (Å²) in [5.74, 6) is -0.687. The Balaban J connectivity index is 1.45. The van der Waals surface area contributed by atoms with E-state index >= 15 is 0 Å². The van der Waals surface area contributed by atoms with Gasteiger partial charge in [0, 0.05) is 49.4 Å². The van der Waals surface area contributed by atoms with Crippen LogP contribution in [0, 0.1) is 12.7 Å². The smallest absolute Gasteiger partial charge is 0.250 e. The third-order valence-electron chi connectivity index (χ3n) is 7.82. The van der Waals surface area contributed by atoms with E-state index in [0.29, 0.717) is 19.4 Å². The van der Waals surface area contributed by atoms with E-state index < -0.39 is 21.3 Å². The highest BCUT2D eigenvalue weighted by Crippen LogP contribution is 2.42. The van der Waals surface area contributed by atoms with Crippen molar-refractivity contribution in [3.8, 4) is 5.69 Å². The number of nitrogens with zero attached hydrogens (tertiary/aromatic N) is 5. The molecular weight excluding hydrogens is 529 g/mol. The molecule has 8 nitrogen and oxygen atoms in total. The summed E-state index contributed by atoms with van der Waals surface area (Å²) in [4.78, 5) is 15.5. The second-order valence-corrected chi connectivity index (χ2v) is 12.4. The molecule has 40 heavy (non-hydrogen) atoms. The van der Waals surface area contributed by atoms with Gasteiger partial charge in [-0.3, -0.25) is 9.78 Å². The molecule has 6 rings (SSSR count). The molecule has 0 radical (unpaired) electrons. The third-order valence-corrected chi connectivity index (χ3v) is 9.63. The van der Waals surface area contributed by atoms with Gasteiger partial charge >= 0.3 is 0 Å². The van der Waals surface area contributed by atoms with Crippen LogP contribution in [0.4, 0.5) is 4.39 Å². The molecule has 10 heteroatoms. The Morgan fingerprint density at radius 3 is 2.58 bits per heavy atom. The van der Waals surface area contributed by atoms with E-state index in [2.05, 4.69) is 34.3 Å². The Bertz CT molecular complexity index is 1900. The number of pyridine rings is 2. The van der Waals surface area contributed by atoms with Crippen LogP contribution in [0.3, 0.4) is 0 Å². The van der Waals surface area contributed by atoms with Crippen LogP contribution in [-0.4, -0.2) is 45.1 Å². The number of aromatic nitrogens is 4. The fourth-order valence-corrected chi connectivity index (χ4v) is 7.33. The van der Waals surface area contributed by atoms with Crippen LogP contribution in [0.1, 0.15) is 23.1 Å². The van der Waals surface area contributed by atoms with Gasteiger partial charge in [-0.2, -0.15) is 9.40 Å². The zero-order valence-electron chi connectivity index (χ0n) is 22.2. The molecule has 3 aromatic heterocycles. The molecule has 4 heterocycles. The number of hydrogen-bond acceptors (Lipinski definition) is 5. The first kappa shape index (κ1) is 26.1. The van der Waals surface area contributed by atoms with Crippen LogP contribution in [0.2, 0.25) is 0 Å². The Kier molecular flexibility index (Phi) is 6.39. The molecule has 1 unspecified atom stereocenters. The van der Waals surface area contributed by atoms with E-state index in [9.17, 15) is 17.6 Å².